The summed E-state index contributed by atoms with van der Waals surface area (Å²) in [6.45, 7) is 0.762. The SMILES string of the molecule is CNC(CC1CCCCO1)c1cccc(OC(F)(F)F)c1. The lowest BCUT2D eigenvalue weighted by atomic mass is 9.96. The Morgan fingerprint density at radius 2 is 2.19 bits per heavy atom. The first-order valence-electron chi connectivity index (χ1n) is 7.12. The quantitative estimate of drug-likeness (QED) is 0.897. The van der Waals surface area contributed by atoms with Crippen LogP contribution in [0.4, 0.5) is 13.2 Å². The van der Waals surface area contributed by atoms with Gasteiger partial charge in [0.15, 0.2) is 0 Å². The number of halogens is 3. The van der Waals surface area contributed by atoms with Crippen molar-refractivity contribution in [3.8, 4) is 5.75 Å². The number of hydrogen-bond acceptors (Lipinski definition) is 3. The van der Waals surface area contributed by atoms with E-state index in [0.717, 1.165) is 37.9 Å². The van der Waals surface area contributed by atoms with E-state index in [-0.39, 0.29) is 17.9 Å². The van der Waals surface area contributed by atoms with Crippen LogP contribution in [0, 0.1) is 0 Å². The zero-order valence-electron chi connectivity index (χ0n) is 12.0. The highest BCUT2D eigenvalue weighted by Crippen LogP contribution is 2.29. The van der Waals surface area contributed by atoms with Crippen molar-refractivity contribution < 1.29 is 22.6 Å². The lowest BCUT2D eigenvalue weighted by molar-refractivity contribution is -0.274. The topological polar surface area (TPSA) is 30.5 Å². The molecule has 118 valence electrons. The van der Waals surface area contributed by atoms with Gasteiger partial charge in [-0.15, -0.1) is 13.2 Å². The zero-order valence-corrected chi connectivity index (χ0v) is 12.0. The first-order chi connectivity index (χ1) is 9.98. The van der Waals surface area contributed by atoms with E-state index in [4.69, 9.17) is 4.74 Å². The van der Waals surface area contributed by atoms with E-state index in [0.29, 0.717) is 0 Å². The minimum Gasteiger partial charge on any atom is -0.406 e. The van der Waals surface area contributed by atoms with Gasteiger partial charge in [0.25, 0.3) is 0 Å². The van der Waals surface area contributed by atoms with Crippen molar-refractivity contribution in [3.63, 3.8) is 0 Å². The molecule has 1 heterocycles. The Morgan fingerprint density at radius 3 is 2.81 bits per heavy atom. The van der Waals surface area contributed by atoms with Crippen molar-refractivity contribution in [1.82, 2.24) is 5.32 Å². The van der Waals surface area contributed by atoms with Crippen molar-refractivity contribution >= 4 is 0 Å². The lowest BCUT2D eigenvalue weighted by Gasteiger charge is -2.27. The summed E-state index contributed by atoms with van der Waals surface area (Å²) in [6.07, 6.45) is -0.555. The summed E-state index contributed by atoms with van der Waals surface area (Å²) in [5.41, 5.74) is 0.772. The molecule has 0 aliphatic carbocycles. The van der Waals surface area contributed by atoms with E-state index < -0.39 is 6.36 Å². The minimum absolute atomic E-state index is 0.0510. The summed E-state index contributed by atoms with van der Waals surface area (Å²) in [7, 11) is 1.80. The van der Waals surface area contributed by atoms with Gasteiger partial charge in [-0.1, -0.05) is 12.1 Å². The second-order valence-corrected chi connectivity index (χ2v) is 5.19. The molecular weight excluding hydrogens is 283 g/mol. The summed E-state index contributed by atoms with van der Waals surface area (Å²) < 4.78 is 46.5. The first kappa shape index (κ1) is 16.1. The van der Waals surface area contributed by atoms with Crippen LogP contribution in [0.5, 0.6) is 5.75 Å². The summed E-state index contributed by atoms with van der Waals surface area (Å²) in [5, 5.41) is 3.14. The Kier molecular flexibility index (Phi) is 5.47. The molecule has 2 atom stereocenters. The van der Waals surface area contributed by atoms with Crippen LogP contribution in [0.1, 0.15) is 37.3 Å². The Morgan fingerprint density at radius 1 is 1.38 bits per heavy atom. The largest absolute Gasteiger partial charge is 0.573 e. The van der Waals surface area contributed by atoms with Crippen LogP contribution in [-0.4, -0.2) is 26.1 Å². The van der Waals surface area contributed by atoms with Crippen LogP contribution in [0.3, 0.4) is 0 Å². The molecule has 3 nitrogen and oxygen atoms in total. The van der Waals surface area contributed by atoms with Gasteiger partial charge in [-0.2, -0.15) is 0 Å². The molecule has 0 bridgehead atoms. The second kappa shape index (κ2) is 7.13. The van der Waals surface area contributed by atoms with Gasteiger partial charge in [-0.25, -0.2) is 0 Å². The van der Waals surface area contributed by atoms with Gasteiger partial charge in [0, 0.05) is 12.6 Å². The van der Waals surface area contributed by atoms with Crippen LogP contribution in [-0.2, 0) is 4.74 Å². The second-order valence-electron chi connectivity index (χ2n) is 5.19. The average Bonchev–Trinajstić information content (AvgIpc) is 2.44. The van der Waals surface area contributed by atoms with Crippen molar-refractivity contribution in [3.05, 3.63) is 29.8 Å². The van der Waals surface area contributed by atoms with Gasteiger partial charge < -0.3 is 14.8 Å². The number of benzene rings is 1. The molecular formula is C15H20F3NO2. The van der Waals surface area contributed by atoms with Gasteiger partial charge in [0.2, 0.25) is 0 Å². The summed E-state index contributed by atoms with van der Waals surface area (Å²) in [6, 6.07) is 6.05. The smallest absolute Gasteiger partial charge is 0.406 e. The lowest BCUT2D eigenvalue weighted by Crippen LogP contribution is -2.27. The van der Waals surface area contributed by atoms with Gasteiger partial charge in [-0.05, 0) is 50.4 Å². The third-order valence-electron chi connectivity index (χ3n) is 3.62. The van der Waals surface area contributed by atoms with E-state index >= 15 is 0 Å². The molecule has 2 unspecified atom stereocenters. The fraction of sp³-hybridized carbons (Fsp3) is 0.600. The highest BCUT2D eigenvalue weighted by molar-refractivity contribution is 5.30. The van der Waals surface area contributed by atoms with Crippen molar-refractivity contribution in [2.45, 2.75) is 44.2 Å². The molecule has 2 rings (SSSR count). The molecule has 0 radical (unpaired) electrons. The highest BCUT2D eigenvalue weighted by atomic mass is 19.4. The maximum atomic E-state index is 12.3. The van der Waals surface area contributed by atoms with Crippen molar-refractivity contribution in [2.24, 2.45) is 0 Å². The Bertz CT molecular complexity index is 445. The average molecular weight is 303 g/mol. The molecule has 1 N–H and O–H groups in total. The zero-order chi connectivity index (χ0) is 15.3. The van der Waals surface area contributed by atoms with Gasteiger partial charge in [0.1, 0.15) is 5.75 Å². The molecule has 1 saturated heterocycles. The predicted octanol–water partition coefficient (Wildman–Crippen LogP) is 3.80. The Balaban J connectivity index is 2.04. The molecule has 0 aromatic heterocycles. The van der Waals surface area contributed by atoms with Crippen molar-refractivity contribution in [1.29, 1.82) is 0 Å². The van der Waals surface area contributed by atoms with Crippen molar-refractivity contribution in [2.75, 3.05) is 13.7 Å². The van der Waals surface area contributed by atoms with Crippen LogP contribution >= 0.6 is 0 Å². The van der Waals surface area contributed by atoms with E-state index in [9.17, 15) is 13.2 Å². The molecule has 1 aromatic carbocycles. The molecule has 1 aliphatic heterocycles. The summed E-state index contributed by atoms with van der Waals surface area (Å²) >= 11 is 0. The normalized spacial score (nSPS) is 21.0. The van der Waals surface area contributed by atoms with Gasteiger partial charge in [-0.3, -0.25) is 0 Å². The molecule has 1 fully saturated rings. The molecule has 0 saturated carbocycles. The highest BCUT2D eigenvalue weighted by Gasteiger charge is 2.31. The number of nitrogens with one attached hydrogen (secondary N) is 1. The standard InChI is InChI=1S/C15H20F3NO2/c1-19-14(10-12-6-2-3-8-20-12)11-5-4-7-13(9-11)21-15(16,17)18/h4-5,7,9,12,14,19H,2-3,6,8,10H2,1H3. The predicted molar refractivity (Wildman–Crippen MR) is 73.1 cm³/mol. The maximum Gasteiger partial charge on any atom is 0.573 e. The molecule has 0 amide bonds. The third kappa shape index (κ3) is 5.21. The number of alkyl halides is 3. The molecule has 0 spiro atoms. The molecule has 1 aromatic rings. The van der Waals surface area contributed by atoms with Crippen LogP contribution < -0.4 is 10.1 Å². The van der Waals surface area contributed by atoms with Gasteiger partial charge >= 0.3 is 6.36 Å². The van der Waals surface area contributed by atoms with E-state index in [1.165, 1.54) is 12.1 Å². The first-order valence-corrected chi connectivity index (χ1v) is 7.12. The van der Waals surface area contributed by atoms with E-state index in [2.05, 4.69) is 10.1 Å². The fourth-order valence-electron chi connectivity index (χ4n) is 2.61. The fourth-order valence-corrected chi connectivity index (χ4v) is 2.61. The van der Waals surface area contributed by atoms with E-state index in [1.54, 1.807) is 19.2 Å². The minimum atomic E-state index is -4.67. The molecule has 6 heteroatoms. The number of hydrogen-bond donors (Lipinski definition) is 1. The van der Waals surface area contributed by atoms with Crippen LogP contribution in [0.2, 0.25) is 0 Å². The van der Waals surface area contributed by atoms with E-state index in [1.807, 2.05) is 0 Å². The Hall–Kier alpha value is -1.27. The third-order valence-corrected chi connectivity index (χ3v) is 3.62. The van der Waals surface area contributed by atoms with Crippen LogP contribution in [0.15, 0.2) is 24.3 Å². The molecule has 21 heavy (non-hydrogen) atoms. The summed E-state index contributed by atoms with van der Waals surface area (Å²) in [4.78, 5) is 0. The summed E-state index contributed by atoms with van der Waals surface area (Å²) in [5.74, 6) is -0.190. The Labute approximate surface area is 122 Å². The number of rotatable bonds is 5. The number of ether oxygens (including phenoxy) is 2. The maximum absolute atomic E-state index is 12.3. The monoisotopic (exact) mass is 303 g/mol. The molecule has 1 aliphatic rings. The van der Waals surface area contributed by atoms with Gasteiger partial charge in [0.05, 0.1) is 6.10 Å². The van der Waals surface area contributed by atoms with Crippen LogP contribution in [0.25, 0.3) is 0 Å².